The quantitative estimate of drug-likeness (QED) is 0.356. The maximum atomic E-state index is 13.5. The zero-order chi connectivity index (χ0) is 26.3. The molecule has 0 aromatic heterocycles. The summed E-state index contributed by atoms with van der Waals surface area (Å²) in [6, 6.07) is 16.9. The van der Waals surface area contributed by atoms with Gasteiger partial charge < -0.3 is 14.8 Å². The third-order valence-electron chi connectivity index (χ3n) is 5.88. The fraction of sp³-hybridized carbons (Fsp3) is 0.296. The van der Waals surface area contributed by atoms with Gasteiger partial charge in [0.25, 0.3) is 10.0 Å². The minimum absolute atomic E-state index is 0.0615. The second-order valence-corrected chi connectivity index (χ2v) is 10.7. The summed E-state index contributed by atoms with van der Waals surface area (Å²) in [7, 11) is -0.826. The van der Waals surface area contributed by atoms with Gasteiger partial charge in [-0.2, -0.15) is 0 Å². The smallest absolute Gasteiger partial charge is 0.264 e. The van der Waals surface area contributed by atoms with Gasteiger partial charge in [-0.15, -0.1) is 0 Å². The Morgan fingerprint density at radius 1 is 0.917 bits per heavy atom. The molecule has 0 aliphatic heterocycles. The maximum Gasteiger partial charge on any atom is 0.264 e. The van der Waals surface area contributed by atoms with Gasteiger partial charge in [0, 0.05) is 11.6 Å². The van der Waals surface area contributed by atoms with Crippen LogP contribution in [0.25, 0.3) is 0 Å². The van der Waals surface area contributed by atoms with E-state index in [-0.39, 0.29) is 11.4 Å². The van der Waals surface area contributed by atoms with E-state index in [0.717, 1.165) is 21.0 Å². The van der Waals surface area contributed by atoms with Crippen molar-refractivity contribution in [3.8, 4) is 11.5 Å². The largest absolute Gasteiger partial charge is 0.493 e. The number of amides is 1. The highest BCUT2D eigenvalue weighted by Gasteiger charge is 2.27. The molecule has 1 N–H and O–H groups in total. The molecule has 0 aliphatic rings. The number of aryl methyl sites for hydroxylation is 3. The summed E-state index contributed by atoms with van der Waals surface area (Å²) in [5, 5.41) is 3.27. The average Bonchev–Trinajstić information content (AvgIpc) is 2.87. The van der Waals surface area contributed by atoms with Gasteiger partial charge >= 0.3 is 0 Å². The van der Waals surface area contributed by atoms with E-state index in [0.29, 0.717) is 41.6 Å². The number of nitrogens with one attached hydrogen (secondary N) is 1. The number of rotatable bonds is 11. The molecule has 3 aromatic rings. The van der Waals surface area contributed by atoms with E-state index in [4.69, 9.17) is 21.1 Å². The maximum absolute atomic E-state index is 13.5. The highest BCUT2D eigenvalue weighted by Crippen LogP contribution is 2.28. The molecule has 0 saturated carbocycles. The molecule has 192 valence electrons. The Labute approximate surface area is 218 Å². The summed E-state index contributed by atoms with van der Waals surface area (Å²) in [5.74, 6) is 0.913. The van der Waals surface area contributed by atoms with E-state index < -0.39 is 15.9 Å². The molecule has 0 atom stereocenters. The Balaban J connectivity index is 1.70. The van der Waals surface area contributed by atoms with Crippen LogP contribution in [0.15, 0.2) is 65.6 Å². The van der Waals surface area contributed by atoms with Crippen molar-refractivity contribution in [2.75, 3.05) is 31.6 Å². The number of halogens is 1. The van der Waals surface area contributed by atoms with Crippen LogP contribution in [0.4, 0.5) is 5.69 Å². The second-order valence-electron chi connectivity index (χ2n) is 8.38. The fourth-order valence-corrected chi connectivity index (χ4v) is 5.21. The van der Waals surface area contributed by atoms with Gasteiger partial charge in [0.2, 0.25) is 5.91 Å². The Bertz CT molecular complexity index is 1310. The SMILES string of the molecule is COc1ccc(CCCNC(=O)CN(c2ccc(C)c(C)c2)S(=O)(=O)c2ccc(Cl)cc2)cc1OC. The number of hydrogen-bond donors (Lipinski definition) is 1. The predicted octanol–water partition coefficient (Wildman–Crippen LogP) is 4.92. The average molecular weight is 531 g/mol. The Hall–Kier alpha value is -3.23. The number of benzene rings is 3. The van der Waals surface area contributed by atoms with E-state index >= 15 is 0 Å². The summed E-state index contributed by atoms with van der Waals surface area (Å²) in [6.07, 6.45) is 1.39. The summed E-state index contributed by atoms with van der Waals surface area (Å²) < 4.78 is 38.7. The zero-order valence-electron chi connectivity index (χ0n) is 20.9. The normalized spacial score (nSPS) is 11.1. The van der Waals surface area contributed by atoms with Gasteiger partial charge in [0.15, 0.2) is 11.5 Å². The lowest BCUT2D eigenvalue weighted by molar-refractivity contribution is -0.119. The first-order chi connectivity index (χ1) is 17.1. The summed E-state index contributed by atoms with van der Waals surface area (Å²) in [6.45, 7) is 3.90. The van der Waals surface area contributed by atoms with E-state index in [9.17, 15) is 13.2 Å². The summed E-state index contributed by atoms with van der Waals surface area (Å²) in [4.78, 5) is 12.9. The molecule has 3 rings (SSSR count). The number of carbonyl (C=O) groups is 1. The lowest BCUT2D eigenvalue weighted by Gasteiger charge is -2.25. The number of sulfonamides is 1. The topological polar surface area (TPSA) is 84.9 Å². The third kappa shape index (κ3) is 6.71. The third-order valence-corrected chi connectivity index (χ3v) is 7.92. The van der Waals surface area contributed by atoms with Crippen molar-refractivity contribution in [2.24, 2.45) is 0 Å². The second kappa shape index (κ2) is 12.1. The monoisotopic (exact) mass is 530 g/mol. The molecule has 1 amide bonds. The molecule has 0 bridgehead atoms. The molecule has 36 heavy (non-hydrogen) atoms. The van der Waals surface area contributed by atoms with Crippen LogP contribution in [0.5, 0.6) is 11.5 Å². The number of ether oxygens (including phenoxy) is 2. The van der Waals surface area contributed by atoms with Crippen LogP contribution in [-0.4, -0.2) is 41.6 Å². The first-order valence-electron chi connectivity index (χ1n) is 11.5. The lowest BCUT2D eigenvalue weighted by Crippen LogP contribution is -2.41. The van der Waals surface area contributed by atoms with Gasteiger partial charge in [-0.25, -0.2) is 8.42 Å². The Morgan fingerprint density at radius 3 is 2.25 bits per heavy atom. The highest BCUT2D eigenvalue weighted by atomic mass is 35.5. The molecular formula is C27H31ClN2O5S. The van der Waals surface area contributed by atoms with Crippen molar-refractivity contribution in [1.29, 1.82) is 0 Å². The van der Waals surface area contributed by atoms with Crippen LogP contribution < -0.4 is 19.1 Å². The predicted molar refractivity (Wildman–Crippen MR) is 143 cm³/mol. The van der Waals surface area contributed by atoms with Crippen LogP contribution in [0.2, 0.25) is 5.02 Å². The molecule has 0 spiro atoms. The van der Waals surface area contributed by atoms with Crippen molar-refractivity contribution in [3.05, 3.63) is 82.4 Å². The van der Waals surface area contributed by atoms with Crippen molar-refractivity contribution < 1.29 is 22.7 Å². The number of anilines is 1. The minimum Gasteiger partial charge on any atom is -0.493 e. The van der Waals surface area contributed by atoms with E-state index in [1.54, 1.807) is 26.4 Å². The molecule has 0 radical (unpaired) electrons. The molecule has 0 unspecified atom stereocenters. The molecule has 7 nitrogen and oxygen atoms in total. The standard InChI is InChI=1S/C27H31ClN2O5S/c1-19-7-11-23(16-20(19)2)30(36(32,33)24-12-9-22(28)10-13-24)18-27(31)29-15-5-6-21-8-14-25(34-3)26(17-21)35-4/h7-14,16-17H,5-6,15,18H2,1-4H3,(H,29,31). The van der Waals surface area contributed by atoms with E-state index in [2.05, 4.69) is 5.32 Å². The van der Waals surface area contributed by atoms with Crippen LogP contribution >= 0.6 is 11.6 Å². The first-order valence-corrected chi connectivity index (χ1v) is 13.3. The van der Waals surface area contributed by atoms with E-state index in [1.165, 1.54) is 24.3 Å². The summed E-state index contributed by atoms with van der Waals surface area (Å²) >= 11 is 5.94. The van der Waals surface area contributed by atoms with Crippen molar-refractivity contribution in [1.82, 2.24) is 5.32 Å². The van der Waals surface area contributed by atoms with Gasteiger partial charge in [-0.3, -0.25) is 9.10 Å². The number of hydrogen-bond acceptors (Lipinski definition) is 5. The van der Waals surface area contributed by atoms with Gasteiger partial charge in [-0.1, -0.05) is 23.7 Å². The van der Waals surface area contributed by atoms with Gasteiger partial charge in [0.1, 0.15) is 6.54 Å². The van der Waals surface area contributed by atoms with Crippen LogP contribution in [0, 0.1) is 13.8 Å². The fourth-order valence-electron chi connectivity index (χ4n) is 3.67. The number of nitrogens with zero attached hydrogens (tertiary/aromatic N) is 1. The minimum atomic E-state index is -4.00. The Kier molecular flexibility index (Phi) is 9.23. The van der Waals surface area contributed by atoms with Crippen molar-refractivity contribution in [3.63, 3.8) is 0 Å². The van der Waals surface area contributed by atoms with Crippen LogP contribution in [0.1, 0.15) is 23.1 Å². The van der Waals surface area contributed by atoms with E-state index in [1.807, 2.05) is 38.1 Å². The highest BCUT2D eigenvalue weighted by molar-refractivity contribution is 7.92. The van der Waals surface area contributed by atoms with Crippen molar-refractivity contribution in [2.45, 2.75) is 31.6 Å². The molecule has 0 fully saturated rings. The Morgan fingerprint density at radius 2 is 1.61 bits per heavy atom. The molecule has 0 saturated heterocycles. The number of methoxy groups -OCH3 is 2. The lowest BCUT2D eigenvalue weighted by atomic mass is 10.1. The van der Waals surface area contributed by atoms with Crippen LogP contribution in [0.3, 0.4) is 0 Å². The number of carbonyl (C=O) groups excluding carboxylic acids is 1. The van der Waals surface area contributed by atoms with Gasteiger partial charge in [0.05, 0.1) is 24.8 Å². The molecule has 9 heteroatoms. The molecule has 0 aliphatic carbocycles. The van der Waals surface area contributed by atoms with Crippen LogP contribution in [-0.2, 0) is 21.2 Å². The summed E-state index contributed by atoms with van der Waals surface area (Å²) in [5.41, 5.74) is 3.43. The molecule has 0 heterocycles. The van der Waals surface area contributed by atoms with Gasteiger partial charge in [-0.05, 0) is 91.9 Å². The first kappa shape index (κ1) is 27.4. The van der Waals surface area contributed by atoms with Crippen molar-refractivity contribution >= 4 is 33.2 Å². The molecular weight excluding hydrogens is 500 g/mol. The zero-order valence-corrected chi connectivity index (χ0v) is 22.4. The molecule has 3 aromatic carbocycles.